The lowest BCUT2D eigenvalue weighted by molar-refractivity contribution is 0.601. The van der Waals surface area contributed by atoms with E-state index in [4.69, 9.17) is 10.8 Å². The van der Waals surface area contributed by atoms with E-state index in [0.717, 1.165) is 44.8 Å². The molecule has 0 fully saturated rings. The quantitative estimate of drug-likeness (QED) is 0.377. The highest BCUT2D eigenvalue weighted by Crippen LogP contribution is 2.29. The highest BCUT2D eigenvalue weighted by molar-refractivity contribution is 5.87. The van der Waals surface area contributed by atoms with Gasteiger partial charge in [0.05, 0.1) is 0 Å². The molecule has 0 aliphatic rings. The molecule has 2 nitrogen and oxygen atoms in total. The molecule has 0 amide bonds. The van der Waals surface area contributed by atoms with Crippen LogP contribution < -0.4 is 5.32 Å². The molecule has 3 rings (SSSR count). The van der Waals surface area contributed by atoms with E-state index < -0.39 is 0 Å². The zero-order valence-corrected chi connectivity index (χ0v) is 16.2. The number of benzene rings is 2. The third-order valence-corrected chi connectivity index (χ3v) is 4.44. The Morgan fingerprint density at radius 1 is 1.14 bits per heavy atom. The van der Waals surface area contributed by atoms with Crippen LogP contribution in [0.3, 0.4) is 0 Å². The predicted octanol–water partition coefficient (Wildman–Crippen LogP) is 6.97. The van der Waals surface area contributed by atoms with Gasteiger partial charge in [-0.2, -0.15) is 0 Å². The maximum Gasteiger partial charge on any atom is 0.135 e. The zero-order valence-electron chi connectivity index (χ0n) is 16.2. The van der Waals surface area contributed by atoms with E-state index in [0.29, 0.717) is 0 Å². The Hall–Kier alpha value is -3.70. The van der Waals surface area contributed by atoms with Crippen molar-refractivity contribution in [2.24, 2.45) is 0 Å². The number of fused-ring (bicyclic) bond motifs is 1. The van der Waals surface area contributed by atoms with E-state index >= 15 is 0 Å². The van der Waals surface area contributed by atoms with Crippen LogP contribution >= 0.6 is 0 Å². The summed E-state index contributed by atoms with van der Waals surface area (Å²) in [5.74, 6) is 3.60. The van der Waals surface area contributed by atoms with Crippen LogP contribution in [0, 0.1) is 19.3 Å². The van der Waals surface area contributed by atoms with Crippen molar-refractivity contribution in [1.82, 2.24) is 0 Å². The Bertz CT molecular complexity index is 1120. The molecule has 138 valence electrons. The second-order valence-corrected chi connectivity index (χ2v) is 6.46. The summed E-state index contributed by atoms with van der Waals surface area (Å²) in [5.41, 5.74) is 5.85. The molecule has 0 unspecified atom stereocenters. The fraction of sp³-hybridized carbons (Fsp3) is 0.0769. The number of allylic oxidation sites excluding steroid dienone is 6. The number of hydrogen-bond acceptors (Lipinski definition) is 2. The fourth-order valence-electron chi connectivity index (χ4n) is 2.96. The average Bonchev–Trinajstić information content (AvgIpc) is 3.03. The standard InChI is InChI=1S/C26H23NO/c1-5-7-13-25-20(4)24-18-23(16-17-26(24)28-25)27-19(3)14-15-21(6-2)22-11-9-8-10-12-22/h2,5,7-18,27H,1H2,3-4H3/b13-7-,19-14+,21-15+. The number of anilines is 1. The average molecular weight is 365 g/mol. The van der Waals surface area contributed by atoms with Crippen molar-refractivity contribution in [3.8, 4) is 12.3 Å². The van der Waals surface area contributed by atoms with E-state index in [1.165, 1.54) is 0 Å². The summed E-state index contributed by atoms with van der Waals surface area (Å²) < 4.78 is 5.89. The lowest BCUT2D eigenvalue weighted by Gasteiger charge is -2.06. The summed E-state index contributed by atoms with van der Waals surface area (Å²) in [4.78, 5) is 0. The summed E-state index contributed by atoms with van der Waals surface area (Å²) in [6.07, 6.45) is 15.2. The van der Waals surface area contributed by atoms with E-state index in [2.05, 4.69) is 30.8 Å². The first-order valence-electron chi connectivity index (χ1n) is 9.12. The highest BCUT2D eigenvalue weighted by atomic mass is 16.3. The molecule has 0 atom stereocenters. The van der Waals surface area contributed by atoms with Crippen LogP contribution in [0.5, 0.6) is 0 Å². The molecule has 0 bridgehead atoms. The van der Waals surface area contributed by atoms with Gasteiger partial charge in [-0.3, -0.25) is 0 Å². The van der Waals surface area contributed by atoms with Crippen LogP contribution in [0.2, 0.25) is 0 Å². The van der Waals surface area contributed by atoms with Crippen LogP contribution in [0.25, 0.3) is 22.6 Å². The van der Waals surface area contributed by atoms with Gasteiger partial charge in [0, 0.05) is 27.9 Å². The van der Waals surface area contributed by atoms with Gasteiger partial charge in [-0.1, -0.05) is 55.0 Å². The molecule has 0 saturated heterocycles. The molecule has 0 aliphatic carbocycles. The van der Waals surface area contributed by atoms with Gasteiger partial charge in [-0.05, 0) is 55.8 Å². The minimum absolute atomic E-state index is 0.849. The Balaban J connectivity index is 1.83. The van der Waals surface area contributed by atoms with Gasteiger partial charge in [0.1, 0.15) is 11.3 Å². The molecule has 0 radical (unpaired) electrons. The van der Waals surface area contributed by atoms with E-state index in [-0.39, 0.29) is 0 Å². The summed E-state index contributed by atoms with van der Waals surface area (Å²) in [6, 6.07) is 16.0. The SMILES string of the molecule is C#C/C(=C\C=C(/C)Nc1ccc2oc(/C=C\C=C)c(C)c2c1)c1ccccc1. The van der Waals surface area contributed by atoms with Crippen molar-refractivity contribution < 1.29 is 4.42 Å². The Morgan fingerprint density at radius 2 is 1.93 bits per heavy atom. The monoisotopic (exact) mass is 365 g/mol. The molecular weight excluding hydrogens is 342 g/mol. The molecule has 2 heteroatoms. The van der Waals surface area contributed by atoms with Gasteiger partial charge in [0.15, 0.2) is 0 Å². The fourth-order valence-corrected chi connectivity index (χ4v) is 2.96. The molecule has 1 N–H and O–H groups in total. The van der Waals surface area contributed by atoms with Crippen molar-refractivity contribution in [1.29, 1.82) is 0 Å². The minimum atomic E-state index is 0.849. The Kier molecular flexibility index (Phi) is 5.99. The first kappa shape index (κ1) is 19.1. The topological polar surface area (TPSA) is 25.2 Å². The number of nitrogens with one attached hydrogen (secondary N) is 1. The predicted molar refractivity (Wildman–Crippen MR) is 121 cm³/mol. The maximum absolute atomic E-state index is 5.89. The normalized spacial score (nSPS) is 12.3. The van der Waals surface area contributed by atoms with Crippen LogP contribution in [0.15, 0.2) is 89.5 Å². The number of terminal acetylenes is 1. The van der Waals surface area contributed by atoms with Crippen LogP contribution in [-0.4, -0.2) is 0 Å². The largest absolute Gasteiger partial charge is 0.456 e. The van der Waals surface area contributed by atoms with Crippen molar-refractivity contribution in [2.75, 3.05) is 5.32 Å². The van der Waals surface area contributed by atoms with Crippen LogP contribution in [0.1, 0.15) is 23.8 Å². The summed E-state index contributed by atoms with van der Waals surface area (Å²) >= 11 is 0. The molecule has 28 heavy (non-hydrogen) atoms. The molecule has 0 spiro atoms. The van der Waals surface area contributed by atoms with E-state index in [1.807, 2.05) is 73.7 Å². The summed E-state index contributed by atoms with van der Waals surface area (Å²) in [7, 11) is 0. The Labute approximate surface area is 166 Å². The first-order valence-corrected chi connectivity index (χ1v) is 9.12. The molecule has 2 aromatic carbocycles. The lowest BCUT2D eigenvalue weighted by Crippen LogP contribution is -1.94. The number of rotatable bonds is 6. The van der Waals surface area contributed by atoms with E-state index in [9.17, 15) is 0 Å². The van der Waals surface area contributed by atoms with Gasteiger partial charge in [-0.25, -0.2) is 0 Å². The number of hydrogen-bond donors (Lipinski definition) is 1. The lowest BCUT2D eigenvalue weighted by atomic mass is 10.1. The van der Waals surface area contributed by atoms with Gasteiger partial charge in [0.2, 0.25) is 0 Å². The first-order chi connectivity index (χ1) is 13.6. The number of aryl methyl sites for hydroxylation is 1. The molecule has 1 aromatic heterocycles. The van der Waals surface area contributed by atoms with Crippen molar-refractivity contribution in [3.63, 3.8) is 0 Å². The summed E-state index contributed by atoms with van der Waals surface area (Å²) in [5, 5.41) is 4.51. The summed E-state index contributed by atoms with van der Waals surface area (Å²) in [6.45, 7) is 7.77. The maximum atomic E-state index is 5.89. The third-order valence-electron chi connectivity index (χ3n) is 4.44. The van der Waals surface area contributed by atoms with Crippen molar-refractivity contribution in [3.05, 3.63) is 102 Å². The molecular formula is C26H23NO. The van der Waals surface area contributed by atoms with Gasteiger partial charge in [-0.15, -0.1) is 6.42 Å². The van der Waals surface area contributed by atoms with Gasteiger partial charge < -0.3 is 9.73 Å². The van der Waals surface area contributed by atoms with Gasteiger partial charge >= 0.3 is 0 Å². The van der Waals surface area contributed by atoms with Gasteiger partial charge in [0.25, 0.3) is 0 Å². The van der Waals surface area contributed by atoms with Crippen molar-refractivity contribution >= 4 is 28.3 Å². The molecule has 0 saturated carbocycles. The Morgan fingerprint density at radius 3 is 2.64 bits per heavy atom. The zero-order chi connectivity index (χ0) is 19.9. The van der Waals surface area contributed by atoms with E-state index in [1.54, 1.807) is 6.08 Å². The molecule has 0 aliphatic heterocycles. The third kappa shape index (κ3) is 4.34. The second kappa shape index (κ2) is 8.79. The number of furan rings is 1. The second-order valence-electron chi connectivity index (χ2n) is 6.46. The minimum Gasteiger partial charge on any atom is -0.456 e. The van der Waals surface area contributed by atoms with Crippen LogP contribution in [0.4, 0.5) is 5.69 Å². The van der Waals surface area contributed by atoms with Crippen molar-refractivity contribution in [2.45, 2.75) is 13.8 Å². The molecule has 3 aromatic rings. The van der Waals surface area contributed by atoms with Crippen LogP contribution in [-0.2, 0) is 0 Å². The molecule has 1 heterocycles. The smallest absolute Gasteiger partial charge is 0.135 e. The highest BCUT2D eigenvalue weighted by Gasteiger charge is 2.08.